The van der Waals surface area contributed by atoms with Gasteiger partial charge in [-0.05, 0) is 49.7 Å². The molecule has 0 spiro atoms. The molecule has 4 aromatic rings. The number of H-pyrrole nitrogens is 1. The van der Waals surface area contributed by atoms with Crippen LogP contribution in [0, 0.1) is 0 Å². The number of fused-ring (bicyclic) bond motifs is 2. The lowest BCUT2D eigenvalue weighted by molar-refractivity contribution is -0.143. The van der Waals surface area contributed by atoms with Gasteiger partial charge in [-0.2, -0.15) is 0 Å². The summed E-state index contributed by atoms with van der Waals surface area (Å²) >= 11 is 0. The van der Waals surface area contributed by atoms with E-state index in [-0.39, 0.29) is 5.97 Å². The molecule has 5 heteroatoms. The van der Waals surface area contributed by atoms with Crippen LogP contribution in [0.3, 0.4) is 0 Å². The lowest BCUT2D eigenvalue weighted by atomic mass is 10.2. The molecular weight excluding hydrogens is 352 g/mol. The Balaban J connectivity index is 1.42. The fourth-order valence-corrected chi connectivity index (χ4v) is 3.21. The molecule has 0 aliphatic carbocycles. The third-order valence-corrected chi connectivity index (χ3v) is 4.59. The molecule has 0 unspecified atom stereocenters. The Morgan fingerprint density at radius 2 is 1.93 bits per heavy atom. The Labute approximate surface area is 163 Å². The van der Waals surface area contributed by atoms with Crippen LogP contribution in [0.1, 0.15) is 24.7 Å². The number of hydrogen-bond acceptors (Lipinski definition) is 4. The SMILES string of the molecule is CCOC(=O)CCc1cc2cc(OCc3ccc4ccccc4n3)ccc2[nH]1. The predicted molar refractivity (Wildman–Crippen MR) is 109 cm³/mol. The van der Waals surface area contributed by atoms with Gasteiger partial charge in [-0.25, -0.2) is 4.98 Å². The summed E-state index contributed by atoms with van der Waals surface area (Å²) in [5, 5.41) is 2.18. The van der Waals surface area contributed by atoms with Crippen molar-refractivity contribution in [2.75, 3.05) is 6.61 Å². The van der Waals surface area contributed by atoms with E-state index in [4.69, 9.17) is 9.47 Å². The van der Waals surface area contributed by atoms with E-state index in [0.29, 0.717) is 26.1 Å². The van der Waals surface area contributed by atoms with Gasteiger partial charge >= 0.3 is 5.97 Å². The number of nitrogens with one attached hydrogen (secondary N) is 1. The number of ether oxygens (including phenoxy) is 2. The molecule has 4 rings (SSSR count). The van der Waals surface area contributed by atoms with Crippen LogP contribution in [0.2, 0.25) is 0 Å². The lowest BCUT2D eigenvalue weighted by Crippen LogP contribution is -2.05. The maximum Gasteiger partial charge on any atom is 0.306 e. The molecule has 0 aliphatic heterocycles. The summed E-state index contributed by atoms with van der Waals surface area (Å²) in [5.74, 6) is 0.617. The number of pyridine rings is 1. The average Bonchev–Trinajstić information content (AvgIpc) is 3.13. The molecule has 0 radical (unpaired) electrons. The zero-order valence-electron chi connectivity index (χ0n) is 15.8. The molecule has 1 N–H and O–H groups in total. The van der Waals surface area contributed by atoms with Gasteiger partial charge in [0.15, 0.2) is 0 Å². The van der Waals surface area contributed by atoms with Gasteiger partial charge in [-0.1, -0.05) is 24.3 Å². The smallest absolute Gasteiger partial charge is 0.306 e. The first-order valence-electron chi connectivity index (χ1n) is 9.46. The van der Waals surface area contributed by atoms with Crippen LogP contribution in [0.15, 0.2) is 60.7 Å². The van der Waals surface area contributed by atoms with E-state index in [9.17, 15) is 4.79 Å². The fraction of sp³-hybridized carbons (Fsp3) is 0.217. The molecule has 0 atom stereocenters. The Morgan fingerprint density at radius 1 is 1.04 bits per heavy atom. The molecule has 2 aromatic carbocycles. The molecule has 0 fully saturated rings. The van der Waals surface area contributed by atoms with Gasteiger partial charge in [0, 0.05) is 22.0 Å². The molecule has 0 saturated heterocycles. The third kappa shape index (κ3) is 4.14. The molecule has 28 heavy (non-hydrogen) atoms. The van der Waals surface area contributed by atoms with Crippen molar-refractivity contribution in [3.05, 3.63) is 72.1 Å². The molecule has 0 amide bonds. The predicted octanol–water partition coefficient (Wildman–Crippen LogP) is 4.79. The summed E-state index contributed by atoms with van der Waals surface area (Å²) in [6.45, 7) is 2.64. The van der Waals surface area contributed by atoms with E-state index in [0.717, 1.165) is 38.9 Å². The highest BCUT2D eigenvalue weighted by atomic mass is 16.5. The number of nitrogens with zero attached hydrogens (tertiary/aromatic N) is 1. The number of rotatable bonds is 7. The molecule has 0 saturated carbocycles. The molecule has 2 heterocycles. The second-order valence-corrected chi connectivity index (χ2v) is 6.63. The van der Waals surface area contributed by atoms with Crippen molar-refractivity contribution in [2.45, 2.75) is 26.4 Å². The van der Waals surface area contributed by atoms with Crippen molar-refractivity contribution >= 4 is 27.8 Å². The van der Waals surface area contributed by atoms with Gasteiger partial charge in [0.1, 0.15) is 12.4 Å². The maximum absolute atomic E-state index is 11.5. The number of esters is 1. The number of hydrogen-bond donors (Lipinski definition) is 1. The van der Waals surface area contributed by atoms with Crippen molar-refractivity contribution in [2.24, 2.45) is 0 Å². The summed E-state index contributed by atoms with van der Waals surface area (Å²) in [4.78, 5) is 19.5. The number of aryl methyl sites for hydroxylation is 1. The lowest BCUT2D eigenvalue weighted by Gasteiger charge is -2.07. The van der Waals surface area contributed by atoms with Crippen molar-refractivity contribution < 1.29 is 14.3 Å². The number of carbonyl (C=O) groups excluding carboxylic acids is 1. The van der Waals surface area contributed by atoms with E-state index in [1.807, 2.05) is 55.5 Å². The number of benzene rings is 2. The molecule has 5 nitrogen and oxygen atoms in total. The van der Waals surface area contributed by atoms with Crippen LogP contribution >= 0.6 is 0 Å². The first-order chi connectivity index (χ1) is 13.7. The van der Waals surface area contributed by atoms with Gasteiger partial charge in [0.2, 0.25) is 0 Å². The molecule has 2 aromatic heterocycles. The fourth-order valence-electron chi connectivity index (χ4n) is 3.21. The van der Waals surface area contributed by atoms with Crippen molar-refractivity contribution in [3.8, 4) is 5.75 Å². The highest BCUT2D eigenvalue weighted by molar-refractivity contribution is 5.82. The summed E-state index contributed by atoms with van der Waals surface area (Å²) in [6.07, 6.45) is 1.00. The maximum atomic E-state index is 11.5. The zero-order valence-corrected chi connectivity index (χ0v) is 15.8. The molecule has 0 bridgehead atoms. The average molecular weight is 374 g/mol. The van der Waals surface area contributed by atoms with Crippen molar-refractivity contribution in [3.63, 3.8) is 0 Å². The Morgan fingerprint density at radius 3 is 2.82 bits per heavy atom. The largest absolute Gasteiger partial charge is 0.487 e. The van der Waals surface area contributed by atoms with E-state index >= 15 is 0 Å². The monoisotopic (exact) mass is 374 g/mol. The minimum absolute atomic E-state index is 0.173. The Bertz CT molecular complexity index is 1120. The highest BCUT2D eigenvalue weighted by Gasteiger charge is 2.07. The molecule has 142 valence electrons. The van der Waals surface area contributed by atoms with Crippen LogP contribution in [-0.4, -0.2) is 22.5 Å². The second kappa shape index (κ2) is 8.13. The van der Waals surface area contributed by atoms with Gasteiger partial charge in [0.25, 0.3) is 0 Å². The van der Waals surface area contributed by atoms with Crippen LogP contribution in [0.25, 0.3) is 21.8 Å². The molecule has 0 aliphatic rings. The minimum atomic E-state index is -0.173. The van der Waals surface area contributed by atoms with Gasteiger partial charge in [-0.3, -0.25) is 4.79 Å². The number of carbonyl (C=O) groups is 1. The van der Waals surface area contributed by atoms with Crippen LogP contribution < -0.4 is 4.74 Å². The Kier molecular flexibility index (Phi) is 5.24. The van der Waals surface area contributed by atoms with Crippen molar-refractivity contribution in [1.82, 2.24) is 9.97 Å². The number of aromatic amines is 1. The van der Waals surface area contributed by atoms with Gasteiger partial charge in [0.05, 0.1) is 24.2 Å². The third-order valence-electron chi connectivity index (χ3n) is 4.59. The van der Waals surface area contributed by atoms with Crippen LogP contribution in [0.5, 0.6) is 5.75 Å². The standard InChI is InChI=1S/C23H22N2O3/c1-2-27-23(26)12-9-18-13-17-14-20(10-11-22(17)24-18)28-15-19-8-7-16-5-3-4-6-21(16)25-19/h3-8,10-11,13-14,24H,2,9,12,15H2,1H3. The molecular formula is C23H22N2O3. The summed E-state index contributed by atoms with van der Waals surface area (Å²) < 4.78 is 10.9. The summed E-state index contributed by atoms with van der Waals surface area (Å²) in [5.41, 5.74) is 3.89. The van der Waals surface area contributed by atoms with E-state index in [2.05, 4.69) is 22.1 Å². The topological polar surface area (TPSA) is 64.2 Å². The normalized spacial score (nSPS) is 11.0. The van der Waals surface area contributed by atoms with Gasteiger partial charge in [-0.15, -0.1) is 0 Å². The highest BCUT2D eigenvalue weighted by Crippen LogP contribution is 2.23. The van der Waals surface area contributed by atoms with E-state index in [1.165, 1.54) is 0 Å². The van der Waals surface area contributed by atoms with E-state index < -0.39 is 0 Å². The summed E-state index contributed by atoms with van der Waals surface area (Å²) in [7, 11) is 0. The van der Waals surface area contributed by atoms with Gasteiger partial charge < -0.3 is 14.5 Å². The quantitative estimate of drug-likeness (QED) is 0.472. The van der Waals surface area contributed by atoms with Crippen molar-refractivity contribution in [1.29, 1.82) is 0 Å². The van der Waals surface area contributed by atoms with E-state index in [1.54, 1.807) is 0 Å². The minimum Gasteiger partial charge on any atom is -0.487 e. The summed E-state index contributed by atoms with van der Waals surface area (Å²) in [6, 6.07) is 20.1. The first-order valence-corrected chi connectivity index (χ1v) is 9.46. The Hall–Kier alpha value is -3.34. The second-order valence-electron chi connectivity index (χ2n) is 6.63. The number of aromatic nitrogens is 2. The first kappa shape index (κ1) is 18.0. The van der Waals surface area contributed by atoms with Crippen LogP contribution in [0.4, 0.5) is 0 Å². The van der Waals surface area contributed by atoms with Crippen LogP contribution in [-0.2, 0) is 22.6 Å². The number of para-hydroxylation sites is 1. The zero-order chi connectivity index (χ0) is 19.3.